The summed E-state index contributed by atoms with van der Waals surface area (Å²) < 4.78 is 0. The summed E-state index contributed by atoms with van der Waals surface area (Å²) in [6.07, 6.45) is 1.14. The Hall–Kier alpha value is -2.01. The number of benzene rings is 1. The van der Waals surface area contributed by atoms with Crippen molar-refractivity contribution in [3.63, 3.8) is 0 Å². The maximum absolute atomic E-state index is 11.7. The van der Waals surface area contributed by atoms with Gasteiger partial charge in [0.15, 0.2) is 0 Å². The zero-order valence-electron chi connectivity index (χ0n) is 7.95. The third-order valence-electron chi connectivity index (χ3n) is 2.23. The van der Waals surface area contributed by atoms with Gasteiger partial charge in [-0.15, -0.1) is 0 Å². The second-order valence-electron chi connectivity index (χ2n) is 3.26. The molecule has 82 valence electrons. The Labute approximate surface area is 94.5 Å². The van der Waals surface area contributed by atoms with Gasteiger partial charge in [0, 0.05) is 11.6 Å². The van der Waals surface area contributed by atoms with Crippen LogP contribution in [0.3, 0.4) is 0 Å². The van der Waals surface area contributed by atoms with E-state index in [9.17, 15) is 9.59 Å². The molecule has 0 spiro atoms. The lowest BCUT2D eigenvalue weighted by atomic mass is 10.1. The minimum atomic E-state index is -1.28. The highest BCUT2D eigenvalue weighted by Crippen LogP contribution is 2.22. The number of anilines is 1. The van der Waals surface area contributed by atoms with Gasteiger partial charge in [0.2, 0.25) is 5.43 Å². The first kappa shape index (κ1) is 10.5. The number of rotatable bonds is 1. The number of carbonyl (C=O) groups is 1. The highest BCUT2D eigenvalue weighted by atomic mass is 35.5. The molecule has 0 aliphatic carbocycles. The summed E-state index contributed by atoms with van der Waals surface area (Å²) in [7, 11) is 0. The fourth-order valence-electron chi connectivity index (χ4n) is 1.42. The lowest BCUT2D eigenvalue weighted by Gasteiger charge is -2.02. The Kier molecular flexibility index (Phi) is 2.32. The van der Waals surface area contributed by atoms with Gasteiger partial charge in [0.1, 0.15) is 5.56 Å². The van der Waals surface area contributed by atoms with Crippen LogP contribution in [0.1, 0.15) is 10.4 Å². The first-order valence-corrected chi connectivity index (χ1v) is 4.72. The molecule has 5 nitrogen and oxygen atoms in total. The Bertz CT molecular complexity index is 648. The van der Waals surface area contributed by atoms with Crippen molar-refractivity contribution in [2.75, 3.05) is 5.73 Å². The summed E-state index contributed by atoms with van der Waals surface area (Å²) in [4.78, 5) is 25.2. The third kappa shape index (κ3) is 1.51. The van der Waals surface area contributed by atoms with E-state index in [2.05, 4.69) is 4.98 Å². The Morgan fingerprint density at radius 2 is 2.12 bits per heavy atom. The number of H-pyrrole nitrogens is 1. The van der Waals surface area contributed by atoms with Crippen molar-refractivity contribution >= 4 is 34.2 Å². The standard InChI is InChI=1S/C10H7ClN2O3/c11-6-2-8-4(1-7(6)12)9(14)5(3-13-8)10(15)16/h1-3H,12H2,(H,13,14)(H,15,16). The second-order valence-corrected chi connectivity index (χ2v) is 3.66. The largest absolute Gasteiger partial charge is 0.477 e. The molecular weight excluding hydrogens is 232 g/mol. The lowest BCUT2D eigenvalue weighted by molar-refractivity contribution is 0.0695. The zero-order valence-corrected chi connectivity index (χ0v) is 8.71. The molecular formula is C10H7ClN2O3. The molecule has 4 N–H and O–H groups in total. The van der Waals surface area contributed by atoms with E-state index < -0.39 is 11.4 Å². The Morgan fingerprint density at radius 1 is 1.44 bits per heavy atom. The number of carboxylic acid groups (broad SMARTS) is 1. The number of aromatic nitrogens is 1. The first-order valence-electron chi connectivity index (χ1n) is 4.34. The number of fused-ring (bicyclic) bond motifs is 1. The Morgan fingerprint density at radius 3 is 2.75 bits per heavy atom. The summed E-state index contributed by atoms with van der Waals surface area (Å²) in [6.45, 7) is 0. The average Bonchev–Trinajstić information content (AvgIpc) is 2.21. The van der Waals surface area contributed by atoms with E-state index in [1.54, 1.807) is 0 Å². The van der Waals surface area contributed by atoms with Crippen LogP contribution in [-0.4, -0.2) is 16.1 Å². The number of hydrogen-bond acceptors (Lipinski definition) is 3. The summed E-state index contributed by atoms with van der Waals surface area (Å²) in [5.74, 6) is -1.28. The molecule has 6 heteroatoms. The Balaban J connectivity index is 2.90. The van der Waals surface area contributed by atoms with Gasteiger partial charge in [-0.1, -0.05) is 11.6 Å². The summed E-state index contributed by atoms with van der Waals surface area (Å²) in [5.41, 5.74) is 5.34. The fourth-order valence-corrected chi connectivity index (χ4v) is 1.58. The van der Waals surface area contributed by atoms with Gasteiger partial charge in [-0.05, 0) is 12.1 Å². The van der Waals surface area contributed by atoms with Crippen LogP contribution in [0, 0.1) is 0 Å². The fraction of sp³-hybridized carbons (Fsp3) is 0. The van der Waals surface area contributed by atoms with Gasteiger partial charge in [-0.25, -0.2) is 4.79 Å². The van der Waals surface area contributed by atoms with Crippen LogP contribution in [0.15, 0.2) is 23.1 Å². The molecule has 0 atom stereocenters. The topological polar surface area (TPSA) is 96.2 Å². The van der Waals surface area contributed by atoms with Gasteiger partial charge in [0.25, 0.3) is 0 Å². The predicted molar refractivity (Wildman–Crippen MR) is 61.0 cm³/mol. The molecule has 2 rings (SSSR count). The normalized spacial score (nSPS) is 10.6. The number of nitrogens with one attached hydrogen (secondary N) is 1. The van der Waals surface area contributed by atoms with Crippen molar-refractivity contribution in [2.45, 2.75) is 0 Å². The van der Waals surface area contributed by atoms with Crippen molar-refractivity contribution in [1.29, 1.82) is 0 Å². The van der Waals surface area contributed by atoms with Crippen molar-refractivity contribution in [3.8, 4) is 0 Å². The molecule has 0 amide bonds. The lowest BCUT2D eigenvalue weighted by Crippen LogP contribution is -2.15. The number of halogens is 1. The quantitative estimate of drug-likeness (QED) is 0.656. The van der Waals surface area contributed by atoms with Gasteiger partial charge in [0.05, 0.1) is 16.2 Å². The van der Waals surface area contributed by atoms with Gasteiger partial charge < -0.3 is 15.8 Å². The van der Waals surface area contributed by atoms with Crippen LogP contribution in [0.4, 0.5) is 5.69 Å². The molecule has 1 aromatic heterocycles. The van der Waals surface area contributed by atoms with Crippen LogP contribution < -0.4 is 11.2 Å². The molecule has 0 fully saturated rings. The van der Waals surface area contributed by atoms with Gasteiger partial charge >= 0.3 is 5.97 Å². The number of aromatic carboxylic acids is 1. The van der Waals surface area contributed by atoms with E-state index in [1.807, 2.05) is 0 Å². The number of pyridine rings is 1. The molecule has 0 saturated carbocycles. The van der Waals surface area contributed by atoms with E-state index in [0.29, 0.717) is 10.5 Å². The van der Waals surface area contributed by atoms with Crippen LogP contribution in [-0.2, 0) is 0 Å². The molecule has 0 bridgehead atoms. The third-order valence-corrected chi connectivity index (χ3v) is 2.56. The minimum absolute atomic E-state index is 0.210. The molecule has 0 radical (unpaired) electrons. The molecule has 0 unspecified atom stereocenters. The molecule has 0 aliphatic rings. The van der Waals surface area contributed by atoms with Crippen LogP contribution >= 0.6 is 11.6 Å². The molecule has 0 aliphatic heterocycles. The summed E-state index contributed by atoms with van der Waals surface area (Å²) >= 11 is 5.78. The van der Waals surface area contributed by atoms with Crippen LogP contribution in [0.25, 0.3) is 10.9 Å². The molecule has 1 heterocycles. The van der Waals surface area contributed by atoms with E-state index in [0.717, 1.165) is 6.20 Å². The zero-order chi connectivity index (χ0) is 11.9. The summed E-state index contributed by atoms with van der Waals surface area (Å²) in [5, 5.41) is 9.29. The van der Waals surface area contributed by atoms with E-state index in [-0.39, 0.29) is 16.6 Å². The van der Waals surface area contributed by atoms with Crippen LogP contribution in [0.2, 0.25) is 5.02 Å². The van der Waals surface area contributed by atoms with Crippen molar-refractivity contribution in [3.05, 3.63) is 39.1 Å². The molecule has 16 heavy (non-hydrogen) atoms. The first-order chi connectivity index (χ1) is 7.50. The van der Waals surface area contributed by atoms with E-state index in [4.69, 9.17) is 22.4 Å². The monoisotopic (exact) mass is 238 g/mol. The number of nitrogens with two attached hydrogens (primary N) is 1. The van der Waals surface area contributed by atoms with Crippen LogP contribution in [0.5, 0.6) is 0 Å². The highest BCUT2D eigenvalue weighted by Gasteiger charge is 2.12. The van der Waals surface area contributed by atoms with Crippen molar-refractivity contribution in [1.82, 2.24) is 4.98 Å². The average molecular weight is 239 g/mol. The molecule has 1 aromatic carbocycles. The van der Waals surface area contributed by atoms with E-state index in [1.165, 1.54) is 12.1 Å². The second kappa shape index (κ2) is 3.53. The summed E-state index contributed by atoms with van der Waals surface area (Å²) in [6, 6.07) is 2.85. The SMILES string of the molecule is Nc1cc2c(=O)c(C(=O)O)c[nH]c2cc1Cl. The van der Waals surface area contributed by atoms with Crippen molar-refractivity contribution < 1.29 is 9.90 Å². The number of nitrogen functional groups attached to an aromatic ring is 1. The molecule has 0 saturated heterocycles. The van der Waals surface area contributed by atoms with Gasteiger partial charge in [-0.2, -0.15) is 0 Å². The molecule has 2 aromatic rings. The smallest absolute Gasteiger partial charge is 0.341 e. The predicted octanol–water partition coefficient (Wildman–Crippen LogP) is 1.46. The number of aromatic amines is 1. The minimum Gasteiger partial charge on any atom is -0.477 e. The number of hydrogen-bond donors (Lipinski definition) is 3. The van der Waals surface area contributed by atoms with Gasteiger partial charge in [-0.3, -0.25) is 4.79 Å². The maximum Gasteiger partial charge on any atom is 0.341 e. The van der Waals surface area contributed by atoms with Crippen molar-refractivity contribution in [2.24, 2.45) is 0 Å². The number of carboxylic acids is 1. The van der Waals surface area contributed by atoms with E-state index >= 15 is 0 Å². The highest BCUT2D eigenvalue weighted by molar-refractivity contribution is 6.33. The maximum atomic E-state index is 11.7.